The van der Waals surface area contributed by atoms with E-state index in [2.05, 4.69) is 63.6 Å². The number of likely N-dealkylation sites (tertiary alicyclic amines) is 1. The largest absolute Gasteiger partial charge is 0.369 e. The molecule has 2 aromatic carbocycles. The summed E-state index contributed by atoms with van der Waals surface area (Å²) in [6.45, 7) is 2.95. The van der Waals surface area contributed by atoms with Gasteiger partial charge in [-0.1, -0.05) is 30.3 Å². The van der Waals surface area contributed by atoms with Crippen molar-refractivity contribution in [1.82, 2.24) is 4.90 Å². The number of anilines is 1. The quantitative estimate of drug-likeness (QED) is 0.437. The number of hydrogen-bond acceptors (Lipinski definition) is 3. The maximum absolute atomic E-state index is 6.07. The molecular formula is C20H25N6+. The molecule has 0 spiro atoms. The molecule has 0 aliphatic carbocycles. The molecule has 1 atom stereocenters. The number of nitrogens with one attached hydrogen (secondary N) is 1. The van der Waals surface area contributed by atoms with E-state index in [4.69, 9.17) is 5.73 Å². The molecule has 26 heavy (non-hydrogen) atoms. The van der Waals surface area contributed by atoms with Crippen molar-refractivity contribution in [2.75, 3.05) is 25.5 Å². The van der Waals surface area contributed by atoms with Gasteiger partial charge in [0, 0.05) is 17.8 Å². The van der Waals surface area contributed by atoms with Gasteiger partial charge in [0.15, 0.2) is 0 Å². The number of aliphatic imine (C=N–C) groups is 2. The van der Waals surface area contributed by atoms with Crippen molar-refractivity contribution in [2.45, 2.75) is 18.9 Å². The van der Waals surface area contributed by atoms with Crippen molar-refractivity contribution in [3.05, 3.63) is 59.7 Å². The van der Waals surface area contributed by atoms with Crippen LogP contribution in [0.1, 0.15) is 23.5 Å². The van der Waals surface area contributed by atoms with Gasteiger partial charge in [-0.3, -0.25) is 0 Å². The third-order valence-corrected chi connectivity index (χ3v) is 5.03. The monoisotopic (exact) mass is 349 g/mol. The topological polar surface area (TPSA) is 82.6 Å². The lowest BCUT2D eigenvalue weighted by atomic mass is 9.98. The van der Waals surface area contributed by atoms with E-state index in [9.17, 15) is 0 Å². The van der Waals surface area contributed by atoms with Crippen LogP contribution in [0.5, 0.6) is 0 Å². The molecule has 1 fully saturated rings. The van der Waals surface area contributed by atoms with E-state index in [1.54, 1.807) is 0 Å². The van der Waals surface area contributed by atoms with E-state index in [-0.39, 0.29) is 0 Å². The van der Waals surface area contributed by atoms with Crippen LogP contribution in [0.2, 0.25) is 0 Å². The minimum atomic E-state index is 0.354. The van der Waals surface area contributed by atoms with Gasteiger partial charge in [-0.25, -0.2) is 10.3 Å². The number of quaternary nitrogens is 1. The molecule has 0 bridgehead atoms. The Bertz CT molecular complexity index is 840. The Morgan fingerprint density at radius 1 is 1.23 bits per heavy atom. The normalized spacial score (nSPS) is 20.6. The predicted octanol–water partition coefficient (Wildman–Crippen LogP) is 1.60. The molecule has 0 amide bonds. The van der Waals surface area contributed by atoms with E-state index in [0.29, 0.717) is 24.4 Å². The summed E-state index contributed by atoms with van der Waals surface area (Å²) in [4.78, 5) is 11.3. The molecule has 5 N–H and O–H groups in total. The first-order valence-corrected chi connectivity index (χ1v) is 9.04. The average molecular weight is 349 g/mol. The zero-order chi connectivity index (χ0) is 17.9. The summed E-state index contributed by atoms with van der Waals surface area (Å²) in [7, 11) is 2.18. The first kappa shape index (κ1) is 16.8. The first-order valence-electron chi connectivity index (χ1n) is 9.04. The van der Waals surface area contributed by atoms with Crippen LogP contribution in [0.3, 0.4) is 0 Å². The van der Waals surface area contributed by atoms with Crippen LogP contribution in [0.4, 0.5) is 11.4 Å². The summed E-state index contributed by atoms with van der Waals surface area (Å²) in [6.07, 6.45) is 1.23. The molecule has 2 heterocycles. The van der Waals surface area contributed by atoms with Crippen molar-refractivity contribution in [2.24, 2.45) is 15.7 Å². The van der Waals surface area contributed by atoms with Crippen LogP contribution in [0.15, 0.2) is 58.5 Å². The van der Waals surface area contributed by atoms with Crippen LogP contribution >= 0.6 is 0 Å². The van der Waals surface area contributed by atoms with Crippen LogP contribution in [-0.4, -0.2) is 37.0 Å². The lowest BCUT2D eigenvalue weighted by Crippen LogP contribution is -2.83. The van der Waals surface area contributed by atoms with Gasteiger partial charge < -0.3 is 16.0 Å². The second-order valence-corrected chi connectivity index (χ2v) is 7.01. The Kier molecular flexibility index (Phi) is 4.69. The van der Waals surface area contributed by atoms with Gasteiger partial charge in [0.05, 0.1) is 6.54 Å². The summed E-state index contributed by atoms with van der Waals surface area (Å²) in [5, 5.41) is 5.12. The number of hydrogen-bond donors (Lipinski definition) is 3. The number of guanidine groups is 2. The lowest BCUT2D eigenvalue weighted by Gasteiger charge is -2.13. The number of rotatable bonds is 2. The molecule has 1 saturated heterocycles. The van der Waals surface area contributed by atoms with E-state index < -0.39 is 0 Å². The lowest BCUT2D eigenvalue weighted by molar-refractivity contribution is -0.448. The summed E-state index contributed by atoms with van der Waals surface area (Å²) in [5.41, 5.74) is 10.8. The van der Waals surface area contributed by atoms with Gasteiger partial charge in [-0.2, -0.15) is 0 Å². The Labute approximate surface area is 153 Å². The fourth-order valence-electron chi connectivity index (χ4n) is 3.58. The van der Waals surface area contributed by atoms with Crippen molar-refractivity contribution in [1.29, 1.82) is 0 Å². The Morgan fingerprint density at radius 3 is 2.81 bits per heavy atom. The van der Waals surface area contributed by atoms with E-state index in [1.165, 1.54) is 24.1 Å². The zero-order valence-electron chi connectivity index (χ0n) is 15.0. The second-order valence-electron chi connectivity index (χ2n) is 7.01. The van der Waals surface area contributed by atoms with Gasteiger partial charge in [-0.15, -0.1) is 4.99 Å². The fraction of sp³-hybridized carbons (Fsp3) is 0.300. The fourth-order valence-corrected chi connectivity index (χ4v) is 3.58. The first-order chi connectivity index (χ1) is 12.7. The van der Waals surface area contributed by atoms with Gasteiger partial charge in [0.2, 0.25) is 5.96 Å². The Morgan fingerprint density at radius 2 is 2.04 bits per heavy atom. The molecule has 2 aliphatic heterocycles. The second kappa shape index (κ2) is 7.27. The van der Waals surface area contributed by atoms with E-state index >= 15 is 0 Å². The highest BCUT2D eigenvalue weighted by atomic mass is 15.2. The molecule has 2 aromatic rings. The van der Waals surface area contributed by atoms with Crippen molar-refractivity contribution < 1.29 is 5.32 Å². The van der Waals surface area contributed by atoms with Gasteiger partial charge in [0.1, 0.15) is 5.69 Å². The Hall–Kier alpha value is -2.70. The van der Waals surface area contributed by atoms with Gasteiger partial charge in [0.25, 0.3) is 0 Å². The molecule has 6 nitrogen and oxygen atoms in total. The summed E-state index contributed by atoms with van der Waals surface area (Å²) in [5.74, 6) is 1.64. The molecule has 2 aliphatic rings. The van der Waals surface area contributed by atoms with E-state index in [1.807, 2.05) is 17.4 Å². The zero-order valence-corrected chi connectivity index (χ0v) is 15.0. The molecule has 0 aromatic heterocycles. The number of para-hydroxylation sites is 1. The SMILES string of the molecule is CN1CCC(c2ccc(NC(N)=NC3=NCc4ccccc4[NH2+]3)cc2)C1. The highest BCUT2D eigenvalue weighted by Gasteiger charge is 2.21. The molecule has 6 heteroatoms. The molecule has 0 radical (unpaired) electrons. The summed E-state index contributed by atoms with van der Waals surface area (Å²) >= 11 is 0. The molecular weight excluding hydrogens is 324 g/mol. The number of nitrogens with two attached hydrogens (primary N) is 2. The van der Waals surface area contributed by atoms with Gasteiger partial charge >= 0.3 is 5.96 Å². The summed E-state index contributed by atoms with van der Waals surface area (Å²) in [6, 6.07) is 16.7. The highest BCUT2D eigenvalue weighted by molar-refractivity contribution is 5.99. The van der Waals surface area contributed by atoms with Crippen molar-refractivity contribution in [3.8, 4) is 0 Å². The molecule has 0 saturated carbocycles. The van der Waals surface area contributed by atoms with Crippen LogP contribution < -0.4 is 16.4 Å². The number of fused-ring (bicyclic) bond motifs is 1. The molecule has 4 rings (SSSR count). The van der Waals surface area contributed by atoms with Crippen molar-refractivity contribution >= 4 is 23.3 Å². The minimum Gasteiger partial charge on any atom is -0.369 e. The third kappa shape index (κ3) is 3.76. The number of likely N-dealkylation sites (N-methyl/N-ethyl adjacent to an activating group) is 1. The number of benzene rings is 2. The summed E-state index contributed by atoms with van der Waals surface area (Å²) < 4.78 is 0. The van der Waals surface area contributed by atoms with Crippen molar-refractivity contribution in [3.63, 3.8) is 0 Å². The van der Waals surface area contributed by atoms with Gasteiger partial charge in [-0.05, 0) is 49.7 Å². The van der Waals surface area contributed by atoms with Crippen LogP contribution in [-0.2, 0) is 6.54 Å². The number of nitrogens with zero attached hydrogens (tertiary/aromatic N) is 3. The minimum absolute atomic E-state index is 0.354. The maximum atomic E-state index is 6.07. The average Bonchev–Trinajstić information content (AvgIpc) is 3.08. The maximum Gasteiger partial charge on any atom is 0.329 e. The predicted molar refractivity (Wildman–Crippen MR) is 106 cm³/mol. The van der Waals surface area contributed by atoms with Crippen LogP contribution in [0.25, 0.3) is 0 Å². The van der Waals surface area contributed by atoms with Crippen LogP contribution in [0, 0.1) is 0 Å². The standard InChI is InChI=1S/C20H24N6/c1-26-11-10-16(13-26)14-6-8-17(9-7-14)23-19(21)25-20-22-12-15-4-2-3-5-18(15)24-20/h2-9,16H,10-13H2,1H3,(H4,21,22,23,24,25)/p+1. The molecule has 1 unspecified atom stereocenters. The molecule has 134 valence electrons. The van der Waals surface area contributed by atoms with E-state index in [0.717, 1.165) is 17.9 Å². The Balaban J connectivity index is 1.39. The highest BCUT2D eigenvalue weighted by Crippen LogP contribution is 2.27. The third-order valence-electron chi connectivity index (χ3n) is 5.03. The smallest absolute Gasteiger partial charge is 0.329 e.